The molecule has 154 valence electrons. The fourth-order valence-corrected chi connectivity index (χ4v) is 3.97. The van der Waals surface area contributed by atoms with Crippen LogP contribution in [0.2, 0.25) is 0 Å². The van der Waals surface area contributed by atoms with Gasteiger partial charge in [0.2, 0.25) is 0 Å². The maximum atomic E-state index is 13.5. The third-order valence-corrected chi connectivity index (χ3v) is 5.38. The van der Waals surface area contributed by atoms with Gasteiger partial charge in [0.25, 0.3) is 0 Å². The number of hydrogen-bond acceptors (Lipinski definition) is 4. The molecule has 4 aromatic rings. The lowest BCUT2D eigenvalue weighted by Gasteiger charge is -2.14. The van der Waals surface area contributed by atoms with Gasteiger partial charge in [-0.25, -0.2) is 9.37 Å². The van der Waals surface area contributed by atoms with Gasteiger partial charge in [0, 0.05) is 35.2 Å². The molecule has 5 nitrogen and oxygen atoms in total. The fraction of sp³-hybridized carbons (Fsp3) is 0.120. The molecule has 0 radical (unpaired) electrons. The molecule has 0 bridgehead atoms. The van der Waals surface area contributed by atoms with E-state index in [1.54, 1.807) is 18.3 Å². The number of ketones is 1. The van der Waals surface area contributed by atoms with Gasteiger partial charge in [0.05, 0.1) is 16.9 Å². The summed E-state index contributed by atoms with van der Waals surface area (Å²) < 4.78 is 13.5. The van der Waals surface area contributed by atoms with Crippen LogP contribution >= 0.6 is 0 Å². The quantitative estimate of drug-likeness (QED) is 0.364. The minimum Gasteiger partial charge on any atom is -0.356 e. The number of halogens is 1. The van der Waals surface area contributed by atoms with E-state index in [1.165, 1.54) is 12.1 Å². The van der Waals surface area contributed by atoms with Crippen LogP contribution in [-0.4, -0.2) is 15.8 Å². The number of Topliss-reactive ketones (excluding diaryl/α,β-unsaturated/α-hetero) is 1. The van der Waals surface area contributed by atoms with Crippen molar-refractivity contribution in [2.45, 2.75) is 19.3 Å². The zero-order valence-corrected chi connectivity index (χ0v) is 16.8. The third-order valence-electron chi connectivity index (χ3n) is 5.38. The summed E-state index contributed by atoms with van der Waals surface area (Å²) >= 11 is 0. The number of rotatable bonds is 5. The van der Waals surface area contributed by atoms with Crippen LogP contribution < -0.4 is 10.6 Å². The smallest absolute Gasteiger partial charge is 0.166 e. The van der Waals surface area contributed by atoms with Gasteiger partial charge in [0.15, 0.2) is 5.78 Å². The maximum Gasteiger partial charge on any atom is 0.166 e. The van der Waals surface area contributed by atoms with Crippen molar-refractivity contribution in [1.82, 2.24) is 9.97 Å². The van der Waals surface area contributed by atoms with E-state index >= 15 is 0 Å². The molecule has 2 aromatic heterocycles. The Labute approximate surface area is 179 Å². The first kappa shape index (κ1) is 19.1. The molecule has 6 heteroatoms. The number of H-pyrrole nitrogens is 1. The van der Waals surface area contributed by atoms with Crippen LogP contribution in [0.15, 0.2) is 72.9 Å². The second-order valence-corrected chi connectivity index (χ2v) is 7.56. The third kappa shape index (κ3) is 3.92. The summed E-state index contributed by atoms with van der Waals surface area (Å²) in [6.45, 7) is 0. The Hall–Kier alpha value is -3.93. The van der Waals surface area contributed by atoms with Gasteiger partial charge in [0.1, 0.15) is 11.6 Å². The predicted molar refractivity (Wildman–Crippen MR) is 121 cm³/mol. The molecule has 0 spiro atoms. The number of anilines is 4. The van der Waals surface area contributed by atoms with Crippen LogP contribution in [0.5, 0.6) is 0 Å². The zero-order valence-electron chi connectivity index (χ0n) is 16.8. The van der Waals surface area contributed by atoms with Crippen molar-refractivity contribution in [3.05, 3.63) is 90.0 Å². The summed E-state index contributed by atoms with van der Waals surface area (Å²) in [5, 5.41) is 6.59. The number of aryl methyl sites for hydroxylation is 1. The molecule has 2 aromatic carbocycles. The van der Waals surface area contributed by atoms with E-state index in [0.717, 1.165) is 46.7 Å². The van der Waals surface area contributed by atoms with Crippen molar-refractivity contribution < 1.29 is 9.18 Å². The Morgan fingerprint density at radius 3 is 2.58 bits per heavy atom. The molecule has 1 aliphatic rings. The van der Waals surface area contributed by atoms with Crippen LogP contribution in [0, 0.1) is 5.82 Å². The highest BCUT2D eigenvalue weighted by atomic mass is 19.1. The lowest BCUT2D eigenvalue weighted by Crippen LogP contribution is -2.10. The summed E-state index contributed by atoms with van der Waals surface area (Å²) in [5.41, 5.74) is 5.74. The van der Waals surface area contributed by atoms with E-state index in [0.29, 0.717) is 17.9 Å². The normalized spacial score (nSPS) is 13.0. The minimum atomic E-state index is -0.314. The van der Waals surface area contributed by atoms with E-state index in [-0.39, 0.29) is 11.6 Å². The van der Waals surface area contributed by atoms with Gasteiger partial charge in [-0.3, -0.25) is 4.79 Å². The molecule has 0 saturated carbocycles. The fourth-order valence-electron chi connectivity index (χ4n) is 3.97. The molecule has 5 rings (SSSR count). The van der Waals surface area contributed by atoms with E-state index in [2.05, 4.69) is 20.6 Å². The van der Waals surface area contributed by atoms with Crippen LogP contribution in [-0.2, 0) is 6.42 Å². The maximum absolute atomic E-state index is 13.5. The van der Waals surface area contributed by atoms with Crippen LogP contribution in [0.1, 0.15) is 28.9 Å². The number of para-hydroxylation sites is 1. The number of aromatic amines is 1. The lowest BCUT2D eigenvalue weighted by atomic mass is 9.95. The summed E-state index contributed by atoms with van der Waals surface area (Å²) in [6, 6.07) is 19.8. The van der Waals surface area contributed by atoms with Crippen molar-refractivity contribution in [2.24, 2.45) is 0 Å². The van der Waals surface area contributed by atoms with Gasteiger partial charge in [-0.05, 0) is 55.3 Å². The molecule has 0 saturated heterocycles. The Kier molecular flexibility index (Phi) is 4.96. The highest BCUT2D eigenvalue weighted by molar-refractivity contribution is 6.07. The summed E-state index contributed by atoms with van der Waals surface area (Å²) in [4.78, 5) is 20.6. The largest absolute Gasteiger partial charge is 0.356 e. The SMILES string of the molecule is O=C1CCCc2[nH]c(-c3ccnc(Nc4cccc(F)c4)c3)c(Nc3ccccc3)c21. The van der Waals surface area contributed by atoms with E-state index in [9.17, 15) is 9.18 Å². The first-order valence-corrected chi connectivity index (χ1v) is 10.3. The Bertz CT molecular complexity index is 1250. The summed E-state index contributed by atoms with van der Waals surface area (Å²) in [6.07, 6.45) is 3.94. The van der Waals surface area contributed by atoms with Gasteiger partial charge < -0.3 is 15.6 Å². The number of nitrogens with zero attached hydrogens (tertiary/aromatic N) is 1. The van der Waals surface area contributed by atoms with E-state index in [1.807, 2.05) is 42.5 Å². The number of nitrogens with one attached hydrogen (secondary N) is 3. The Morgan fingerprint density at radius 2 is 1.74 bits per heavy atom. The average Bonchev–Trinajstić information content (AvgIpc) is 3.14. The monoisotopic (exact) mass is 412 g/mol. The Morgan fingerprint density at radius 1 is 0.903 bits per heavy atom. The van der Waals surface area contributed by atoms with E-state index in [4.69, 9.17) is 0 Å². The number of carbonyl (C=O) groups excluding carboxylic acids is 1. The Balaban J connectivity index is 1.56. The second kappa shape index (κ2) is 8.07. The molecule has 0 atom stereocenters. The summed E-state index contributed by atoms with van der Waals surface area (Å²) in [5.74, 6) is 0.424. The highest BCUT2D eigenvalue weighted by Crippen LogP contribution is 2.39. The molecule has 3 N–H and O–H groups in total. The van der Waals surface area contributed by atoms with Gasteiger partial charge in [-0.1, -0.05) is 24.3 Å². The number of fused-ring (bicyclic) bond motifs is 1. The lowest BCUT2D eigenvalue weighted by molar-refractivity contribution is 0.0973. The van der Waals surface area contributed by atoms with Crippen LogP contribution in [0.3, 0.4) is 0 Å². The first-order chi connectivity index (χ1) is 15.2. The van der Waals surface area contributed by atoms with Crippen molar-refractivity contribution in [1.29, 1.82) is 0 Å². The van der Waals surface area contributed by atoms with Gasteiger partial charge in [-0.2, -0.15) is 0 Å². The molecule has 0 amide bonds. The molecule has 1 aliphatic carbocycles. The molecular weight excluding hydrogens is 391 g/mol. The van der Waals surface area contributed by atoms with Crippen molar-refractivity contribution in [3.63, 3.8) is 0 Å². The molecule has 2 heterocycles. The molecule has 0 unspecified atom stereocenters. The summed E-state index contributed by atoms with van der Waals surface area (Å²) in [7, 11) is 0. The van der Waals surface area contributed by atoms with E-state index < -0.39 is 0 Å². The number of aromatic nitrogens is 2. The predicted octanol–water partition coefficient (Wildman–Crippen LogP) is 6.22. The zero-order chi connectivity index (χ0) is 21.2. The molecule has 0 aliphatic heterocycles. The topological polar surface area (TPSA) is 69.8 Å². The molecule has 0 fully saturated rings. The highest BCUT2D eigenvalue weighted by Gasteiger charge is 2.27. The van der Waals surface area contributed by atoms with Gasteiger partial charge in [-0.15, -0.1) is 0 Å². The van der Waals surface area contributed by atoms with Crippen molar-refractivity contribution in [2.75, 3.05) is 10.6 Å². The van der Waals surface area contributed by atoms with Crippen LogP contribution in [0.4, 0.5) is 27.3 Å². The molecule has 31 heavy (non-hydrogen) atoms. The van der Waals surface area contributed by atoms with Gasteiger partial charge >= 0.3 is 0 Å². The number of carbonyl (C=O) groups is 1. The standard InChI is InChI=1S/C25H21FN4O/c26-17-6-4-9-19(15-17)28-22-14-16(12-13-27-22)24-25(29-18-7-2-1-3-8-18)23-20(30-24)10-5-11-21(23)31/h1-4,6-9,12-15,29-30H,5,10-11H2,(H,27,28). The molecular formula is C25H21FN4O. The second-order valence-electron chi connectivity index (χ2n) is 7.56. The number of pyridine rings is 1. The van der Waals surface area contributed by atoms with Crippen molar-refractivity contribution in [3.8, 4) is 11.3 Å². The minimum absolute atomic E-state index is 0.148. The number of benzene rings is 2. The number of hydrogen-bond donors (Lipinski definition) is 3. The van der Waals surface area contributed by atoms with Crippen LogP contribution in [0.25, 0.3) is 11.3 Å². The van der Waals surface area contributed by atoms with Crippen molar-refractivity contribution >= 4 is 28.7 Å². The average molecular weight is 412 g/mol. The first-order valence-electron chi connectivity index (χ1n) is 10.3.